The van der Waals surface area contributed by atoms with Crippen LogP contribution in [-0.2, 0) is 0 Å². The van der Waals surface area contributed by atoms with Gasteiger partial charge >= 0.3 is 0 Å². The minimum Gasteiger partial charge on any atom is -0.348 e. The topological polar surface area (TPSA) is 66.9 Å². The summed E-state index contributed by atoms with van der Waals surface area (Å²) in [5, 5.41) is 5.63. The van der Waals surface area contributed by atoms with Gasteiger partial charge in [-0.05, 0) is 32.0 Å². The van der Waals surface area contributed by atoms with E-state index >= 15 is 0 Å². The zero-order valence-corrected chi connectivity index (χ0v) is 11.2. The van der Waals surface area contributed by atoms with Crippen LogP contribution in [0.4, 0.5) is 15.9 Å². The van der Waals surface area contributed by atoms with Gasteiger partial charge in [-0.1, -0.05) is 6.07 Å². The molecule has 0 aliphatic heterocycles. The summed E-state index contributed by atoms with van der Waals surface area (Å²) < 4.78 is 13.0. The standard InChI is InChI=1S/C14H15FN4O/c1-9(2)18-14(20)12-7-17-13(8-16-12)19-11-5-3-4-10(15)6-11/h3-9H,1-2H3,(H,17,19)(H,18,20). The molecule has 0 unspecified atom stereocenters. The Labute approximate surface area is 116 Å². The highest BCUT2D eigenvalue weighted by Gasteiger charge is 2.09. The highest BCUT2D eigenvalue weighted by Crippen LogP contribution is 2.14. The third-order valence-corrected chi connectivity index (χ3v) is 2.40. The fraction of sp³-hybridized carbons (Fsp3) is 0.214. The number of rotatable bonds is 4. The van der Waals surface area contributed by atoms with Gasteiger partial charge < -0.3 is 10.6 Å². The number of hydrogen-bond donors (Lipinski definition) is 2. The van der Waals surface area contributed by atoms with Crippen molar-refractivity contribution < 1.29 is 9.18 Å². The molecular formula is C14H15FN4O. The fourth-order valence-electron chi connectivity index (χ4n) is 1.56. The fourth-order valence-corrected chi connectivity index (χ4v) is 1.56. The molecule has 6 heteroatoms. The van der Waals surface area contributed by atoms with Crippen LogP contribution in [0.3, 0.4) is 0 Å². The van der Waals surface area contributed by atoms with E-state index in [2.05, 4.69) is 20.6 Å². The Bertz CT molecular complexity index is 598. The molecule has 1 aromatic carbocycles. The zero-order valence-electron chi connectivity index (χ0n) is 11.2. The molecule has 1 amide bonds. The number of benzene rings is 1. The molecule has 0 bridgehead atoms. The maximum atomic E-state index is 13.0. The Morgan fingerprint density at radius 2 is 2.05 bits per heavy atom. The molecule has 0 spiro atoms. The summed E-state index contributed by atoms with van der Waals surface area (Å²) in [4.78, 5) is 19.8. The van der Waals surface area contributed by atoms with Crippen molar-refractivity contribution >= 4 is 17.4 Å². The number of amides is 1. The van der Waals surface area contributed by atoms with Crippen molar-refractivity contribution in [3.63, 3.8) is 0 Å². The molecule has 0 saturated carbocycles. The molecule has 20 heavy (non-hydrogen) atoms. The first kappa shape index (κ1) is 13.9. The summed E-state index contributed by atoms with van der Waals surface area (Å²) in [6.45, 7) is 3.73. The van der Waals surface area contributed by atoms with Gasteiger partial charge in [-0.15, -0.1) is 0 Å². The van der Waals surface area contributed by atoms with Crippen LogP contribution in [0.2, 0.25) is 0 Å². The summed E-state index contributed by atoms with van der Waals surface area (Å²) in [7, 11) is 0. The summed E-state index contributed by atoms with van der Waals surface area (Å²) in [6.07, 6.45) is 2.81. The van der Waals surface area contributed by atoms with Crippen molar-refractivity contribution in [1.82, 2.24) is 15.3 Å². The predicted octanol–water partition coefficient (Wildman–Crippen LogP) is 2.50. The molecule has 0 saturated heterocycles. The van der Waals surface area contributed by atoms with Crippen LogP contribution in [0.25, 0.3) is 0 Å². The lowest BCUT2D eigenvalue weighted by atomic mass is 10.3. The second-order valence-electron chi connectivity index (χ2n) is 4.55. The normalized spacial score (nSPS) is 10.4. The van der Waals surface area contributed by atoms with E-state index in [0.717, 1.165) is 0 Å². The van der Waals surface area contributed by atoms with E-state index in [1.807, 2.05) is 13.8 Å². The molecule has 2 aromatic rings. The largest absolute Gasteiger partial charge is 0.348 e. The van der Waals surface area contributed by atoms with Crippen molar-refractivity contribution in [3.05, 3.63) is 48.2 Å². The van der Waals surface area contributed by atoms with Crippen LogP contribution in [-0.4, -0.2) is 21.9 Å². The Morgan fingerprint density at radius 1 is 1.25 bits per heavy atom. The number of carbonyl (C=O) groups excluding carboxylic acids is 1. The maximum Gasteiger partial charge on any atom is 0.271 e. The average Bonchev–Trinajstić information content (AvgIpc) is 2.38. The van der Waals surface area contributed by atoms with Gasteiger partial charge in [0.2, 0.25) is 0 Å². The van der Waals surface area contributed by atoms with Crippen LogP contribution >= 0.6 is 0 Å². The summed E-state index contributed by atoms with van der Waals surface area (Å²) in [5.74, 6) is -0.169. The van der Waals surface area contributed by atoms with Crippen LogP contribution in [0, 0.1) is 5.82 Å². The number of halogens is 1. The smallest absolute Gasteiger partial charge is 0.271 e. The molecule has 0 aliphatic rings. The minimum absolute atomic E-state index is 0.0365. The SMILES string of the molecule is CC(C)NC(=O)c1cnc(Nc2cccc(F)c2)cn1. The maximum absolute atomic E-state index is 13.0. The van der Waals surface area contributed by atoms with Crippen molar-refractivity contribution in [3.8, 4) is 0 Å². The van der Waals surface area contributed by atoms with Crippen LogP contribution < -0.4 is 10.6 Å². The third kappa shape index (κ3) is 3.74. The molecule has 1 heterocycles. The van der Waals surface area contributed by atoms with Gasteiger partial charge in [-0.25, -0.2) is 14.4 Å². The number of nitrogens with one attached hydrogen (secondary N) is 2. The molecule has 0 aliphatic carbocycles. The third-order valence-electron chi connectivity index (χ3n) is 2.40. The second kappa shape index (κ2) is 6.10. The van der Waals surface area contributed by atoms with Gasteiger partial charge in [-0.2, -0.15) is 0 Å². The van der Waals surface area contributed by atoms with Gasteiger partial charge in [0.1, 0.15) is 17.3 Å². The monoisotopic (exact) mass is 274 g/mol. The molecule has 0 radical (unpaired) electrons. The first-order valence-electron chi connectivity index (χ1n) is 6.20. The average molecular weight is 274 g/mol. The highest BCUT2D eigenvalue weighted by molar-refractivity contribution is 5.92. The number of nitrogens with zero attached hydrogens (tertiary/aromatic N) is 2. The molecule has 0 fully saturated rings. The van der Waals surface area contributed by atoms with Crippen LogP contribution in [0.1, 0.15) is 24.3 Å². The highest BCUT2D eigenvalue weighted by atomic mass is 19.1. The summed E-state index contributed by atoms with van der Waals surface area (Å²) in [5.41, 5.74) is 0.808. The quantitative estimate of drug-likeness (QED) is 0.899. The Morgan fingerprint density at radius 3 is 2.65 bits per heavy atom. The van der Waals surface area contributed by atoms with E-state index in [4.69, 9.17) is 0 Å². The van der Waals surface area contributed by atoms with Crippen molar-refractivity contribution in [2.45, 2.75) is 19.9 Å². The van der Waals surface area contributed by atoms with Gasteiger partial charge in [0.15, 0.2) is 0 Å². The first-order chi connectivity index (χ1) is 9.54. The Hall–Kier alpha value is -2.50. The van der Waals surface area contributed by atoms with E-state index in [9.17, 15) is 9.18 Å². The Kier molecular flexibility index (Phi) is 4.24. The number of aromatic nitrogens is 2. The van der Waals surface area contributed by atoms with Crippen molar-refractivity contribution in [2.75, 3.05) is 5.32 Å². The number of carbonyl (C=O) groups is 1. The number of anilines is 2. The molecule has 2 N–H and O–H groups in total. The lowest BCUT2D eigenvalue weighted by molar-refractivity contribution is 0.0937. The van der Waals surface area contributed by atoms with Gasteiger partial charge in [0.05, 0.1) is 12.4 Å². The minimum atomic E-state index is -0.337. The van der Waals surface area contributed by atoms with E-state index < -0.39 is 0 Å². The van der Waals surface area contributed by atoms with Crippen molar-refractivity contribution in [2.24, 2.45) is 0 Å². The van der Waals surface area contributed by atoms with Crippen molar-refractivity contribution in [1.29, 1.82) is 0 Å². The van der Waals surface area contributed by atoms with E-state index in [0.29, 0.717) is 11.5 Å². The first-order valence-corrected chi connectivity index (χ1v) is 6.20. The zero-order chi connectivity index (χ0) is 14.5. The van der Waals surface area contributed by atoms with Gasteiger partial charge in [0, 0.05) is 11.7 Å². The van der Waals surface area contributed by atoms with E-state index in [1.165, 1.54) is 24.5 Å². The van der Waals surface area contributed by atoms with E-state index in [1.54, 1.807) is 12.1 Å². The number of hydrogen-bond acceptors (Lipinski definition) is 4. The van der Waals surface area contributed by atoms with E-state index in [-0.39, 0.29) is 23.5 Å². The molecular weight excluding hydrogens is 259 g/mol. The summed E-state index contributed by atoms with van der Waals surface area (Å²) >= 11 is 0. The van der Waals surface area contributed by atoms with Crippen LogP contribution in [0.15, 0.2) is 36.7 Å². The second-order valence-corrected chi connectivity index (χ2v) is 4.55. The van der Waals surface area contributed by atoms with Gasteiger partial charge in [0.25, 0.3) is 5.91 Å². The lowest BCUT2D eigenvalue weighted by Gasteiger charge is -2.08. The van der Waals surface area contributed by atoms with Crippen LogP contribution in [0.5, 0.6) is 0 Å². The molecule has 1 aromatic heterocycles. The molecule has 104 valence electrons. The molecule has 5 nitrogen and oxygen atoms in total. The Balaban J connectivity index is 2.07. The van der Waals surface area contributed by atoms with Gasteiger partial charge in [-0.3, -0.25) is 4.79 Å². The summed E-state index contributed by atoms with van der Waals surface area (Å²) in [6, 6.07) is 6.05. The molecule has 2 rings (SSSR count). The molecule has 0 atom stereocenters. The lowest BCUT2D eigenvalue weighted by Crippen LogP contribution is -2.30. The predicted molar refractivity (Wildman–Crippen MR) is 74.3 cm³/mol.